The molecular weight excluding hydrogens is 312 g/mol. The monoisotopic (exact) mass is 338 g/mol. The van der Waals surface area contributed by atoms with Gasteiger partial charge >= 0.3 is 12.0 Å². The number of nitrogens with zero attached hydrogens (tertiary/aromatic N) is 1. The number of likely N-dealkylation sites (tertiary alicyclic amines) is 1. The predicted octanol–water partition coefficient (Wildman–Crippen LogP) is 0.0923. The Morgan fingerprint density at radius 1 is 1.29 bits per heavy atom. The van der Waals surface area contributed by atoms with Gasteiger partial charge in [-0.2, -0.15) is 0 Å². The molecule has 0 bridgehead atoms. The van der Waals surface area contributed by atoms with E-state index in [9.17, 15) is 14.4 Å². The summed E-state index contributed by atoms with van der Waals surface area (Å²) < 4.78 is 5.15. The highest BCUT2D eigenvalue weighted by atomic mass is 16.5. The normalized spacial score (nSPS) is 22.8. The molecule has 2 heterocycles. The van der Waals surface area contributed by atoms with Crippen LogP contribution in [0.25, 0.3) is 0 Å². The number of ether oxygens (including phenoxy) is 1. The van der Waals surface area contributed by atoms with Crippen molar-refractivity contribution in [3.05, 3.63) is 11.3 Å². The van der Waals surface area contributed by atoms with Crippen LogP contribution in [0.3, 0.4) is 0 Å². The summed E-state index contributed by atoms with van der Waals surface area (Å²) in [7, 11) is 0. The first-order valence-electron chi connectivity index (χ1n) is 8.45. The van der Waals surface area contributed by atoms with Crippen molar-refractivity contribution in [1.29, 1.82) is 0 Å². The fourth-order valence-corrected chi connectivity index (χ4v) is 3.19. The van der Waals surface area contributed by atoms with E-state index in [0.29, 0.717) is 50.2 Å². The van der Waals surface area contributed by atoms with Crippen LogP contribution < -0.4 is 16.4 Å². The average Bonchev–Trinajstić information content (AvgIpc) is 2.54. The molecule has 24 heavy (non-hydrogen) atoms. The van der Waals surface area contributed by atoms with Crippen molar-refractivity contribution in [1.82, 2.24) is 15.5 Å². The molecule has 1 atom stereocenters. The Labute approximate surface area is 141 Å². The molecule has 1 saturated heterocycles. The first-order chi connectivity index (χ1) is 11.5. The molecule has 2 aliphatic rings. The van der Waals surface area contributed by atoms with E-state index in [0.717, 1.165) is 0 Å². The highest BCUT2D eigenvalue weighted by Gasteiger charge is 2.33. The number of esters is 1. The summed E-state index contributed by atoms with van der Waals surface area (Å²) in [5, 5.41) is 5.50. The Bertz CT molecular complexity index is 538. The largest absolute Gasteiger partial charge is 0.463 e. The third kappa shape index (κ3) is 4.25. The van der Waals surface area contributed by atoms with E-state index in [4.69, 9.17) is 10.5 Å². The van der Waals surface area contributed by atoms with Crippen LogP contribution in [0.15, 0.2) is 11.3 Å². The number of amides is 3. The lowest BCUT2D eigenvalue weighted by Gasteiger charge is -2.34. The molecule has 0 saturated carbocycles. The molecular formula is C16H26N4O4. The van der Waals surface area contributed by atoms with Crippen molar-refractivity contribution in [2.75, 3.05) is 26.2 Å². The lowest BCUT2D eigenvalue weighted by atomic mass is 9.95. The van der Waals surface area contributed by atoms with Crippen LogP contribution in [0.1, 0.15) is 33.1 Å². The van der Waals surface area contributed by atoms with Gasteiger partial charge in [-0.05, 0) is 39.3 Å². The molecule has 2 rings (SSSR count). The van der Waals surface area contributed by atoms with Gasteiger partial charge in [-0.1, -0.05) is 6.92 Å². The average molecular weight is 338 g/mol. The van der Waals surface area contributed by atoms with Gasteiger partial charge < -0.3 is 21.1 Å². The molecule has 2 aliphatic heterocycles. The van der Waals surface area contributed by atoms with E-state index < -0.39 is 5.97 Å². The molecule has 0 radical (unpaired) electrons. The number of hydrogen-bond donors (Lipinski definition) is 3. The van der Waals surface area contributed by atoms with Gasteiger partial charge in [-0.3, -0.25) is 9.69 Å². The van der Waals surface area contributed by atoms with Gasteiger partial charge in [0.15, 0.2) is 0 Å². The number of nitrogens with two attached hydrogens (primary N) is 1. The van der Waals surface area contributed by atoms with Gasteiger partial charge in [0.05, 0.1) is 18.2 Å². The maximum absolute atomic E-state index is 12.3. The smallest absolute Gasteiger partial charge is 0.337 e. The van der Waals surface area contributed by atoms with Gasteiger partial charge in [0.25, 0.3) is 0 Å². The molecule has 1 unspecified atom stereocenters. The molecule has 8 nitrogen and oxygen atoms in total. The molecule has 0 aliphatic carbocycles. The van der Waals surface area contributed by atoms with Crippen LogP contribution >= 0.6 is 0 Å². The van der Waals surface area contributed by atoms with E-state index in [1.165, 1.54) is 0 Å². The molecule has 4 N–H and O–H groups in total. The summed E-state index contributed by atoms with van der Waals surface area (Å²) in [5.41, 5.74) is 6.42. The minimum Gasteiger partial charge on any atom is -0.463 e. The summed E-state index contributed by atoms with van der Waals surface area (Å²) >= 11 is 0. The van der Waals surface area contributed by atoms with Gasteiger partial charge in [0.1, 0.15) is 0 Å². The lowest BCUT2D eigenvalue weighted by molar-refractivity contribution is -0.139. The number of carbonyl (C=O) groups is 3. The highest BCUT2D eigenvalue weighted by Crippen LogP contribution is 2.21. The highest BCUT2D eigenvalue weighted by molar-refractivity contribution is 5.94. The van der Waals surface area contributed by atoms with Crippen LogP contribution in [0.4, 0.5) is 4.79 Å². The van der Waals surface area contributed by atoms with E-state index in [2.05, 4.69) is 15.5 Å². The number of hydrogen-bond acceptors (Lipinski definition) is 5. The number of nitrogens with one attached hydrogen (secondary N) is 2. The number of primary amides is 1. The summed E-state index contributed by atoms with van der Waals surface area (Å²) in [5.74, 6) is -0.757. The van der Waals surface area contributed by atoms with Crippen LogP contribution in [-0.4, -0.2) is 55.1 Å². The second-order valence-electron chi connectivity index (χ2n) is 6.12. The van der Waals surface area contributed by atoms with Crippen molar-refractivity contribution < 1.29 is 19.1 Å². The van der Waals surface area contributed by atoms with E-state index in [1.807, 2.05) is 6.92 Å². The summed E-state index contributed by atoms with van der Waals surface area (Å²) in [6.07, 6.45) is 2.00. The van der Waals surface area contributed by atoms with E-state index in [-0.39, 0.29) is 30.5 Å². The van der Waals surface area contributed by atoms with Gasteiger partial charge in [0, 0.05) is 18.2 Å². The number of carbonyl (C=O) groups excluding carboxylic acids is 3. The Morgan fingerprint density at radius 3 is 2.50 bits per heavy atom. The van der Waals surface area contributed by atoms with Crippen molar-refractivity contribution in [3.63, 3.8) is 0 Å². The maximum Gasteiger partial charge on any atom is 0.337 e. The Hall–Kier alpha value is -2.09. The van der Waals surface area contributed by atoms with Crippen molar-refractivity contribution >= 4 is 17.9 Å². The molecule has 0 aromatic heterocycles. The van der Waals surface area contributed by atoms with Gasteiger partial charge in [-0.25, -0.2) is 9.59 Å². The first kappa shape index (κ1) is 18.3. The first-order valence-corrected chi connectivity index (χ1v) is 8.45. The molecule has 0 aromatic rings. The van der Waals surface area contributed by atoms with Crippen molar-refractivity contribution in [2.24, 2.45) is 11.7 Å². The number of urea groups is 1. The van der Waals surface area contributed by atoms with Crippen molar-refractivity contribution in [3.8, 4) is 0 Å². The summed E-state index contributed by atoms with van der Waals surface area (Å²) in [6, 6.07) is -0.659. The predicted molar refractivity (Wildman–Crippen MR) is 87.8 cm³/mol. The minimum absolute atomic E-state index is 0.0919. The Morgan fingerprint density at radius 2 is 1.96 bits per heavy atom. The SMILES string of the molecule is CCOC(=O)C1=C(CN2CCC(C(N)=O)CC2)NC(=O)NC1CC. The van der Waals surface area contributed by atoms with Crippen LogP contribution in [0.2, 0.25) is 0 Å². The number of piperidine rings is 1. The quantitative estimate of drug-likeness (QED) is 0.594. The number of rotatable bonds is 6. The fourth-order valence-electron chi connectivity index (χ4n) is 3.19. The second-order valence-corrected chi connectivity index (χ2v) is 6.12. The van der Waals surface area contributed by atoms with Gasteiger partial charge in [0.2, 0.25) is 5.91 Å². The van der Waals surface area contributed by atoms with Crippen LogP contribution in [0, 0.1) is 5.92 Å². The molecule has 3 amide bonds. The third-order valence-electron chi connectivity index (χ3n) is 4.52. The molecule has 8 heteroatoms. The molecule has 1 fully saturated rings. The van der Waals surface area contributed by atoms with Gasteiger partial charge in [-0.15, -0.1) is 0 Å². The topological polar surface area (TPSA) is 114 Å². The van der Waals surface area contributed by atoms with E-state index in [1.54, 1.807) is 6.92 Å². The fraction of sp³-hybridized carbons (Fsp3) is 0.688. The van der Waals surface area contributed by atoms with E-state index >= 15 is 0 Å². The van der Waals surface area contributed by atoms with Crippen LogP contribution in [0.5, 0.6) is 0 Å². The zero-order valence-electron chi connectivity index (χ0n) is 14.3. The Kier molecular flexibility index (Phi) is 6.19. The minimum atomic E-state index is -0.404. The van der Waals surface area contributed by atoms with Crippen LogP contribution in [-0.2, 0) is 14.3 Å². The lowest BCUT2D eigenvalue weighted by Crippen LogP contribution is -2.52. The third-order valence-corrected chi connectivity index (χ3v) is 4.52. The zero-order valence-corrected chi connectivity index (χ0v) is 14.3. The molecule has 134 valence electrons. The molecule has 0 spiro atoms. The van der Waals surface area contributed by atoms with Crippen molar-refractivity contribution in [2.45, 2.75) is 39.2 Å². The second kappa shape index (κ2) is 8.14. The molecule has 0 aromatic carbocycles. The Balaban J connectivity index is 2.14. The maximum atomic E-state index is 12.3. The zero-order chi connectivity index (χ0) is 17.7. The summed E-state index contributed by atoms with van der Waals surface area (Å²) in [4.78, 5) is 37.6. The standard InChI is InChI=1S/C16H26N4O4/c1-3-11-13(15(22)24-4-2)12(19-16(23)18-11)9-20-7-5-10(6-8-20)14(17)21/h10-11H,3-9H2,1-2H3,(H2,17,21)(H2,18,19,23). The summed E-state index contributed by atoms with van der Waals surface area (Å²) in [6.45, 7) is 5.79.